The Morgan fingerprint density at radius 3 is 2.31 bits per heavy atom. The van der Waals surface area contributed by atoms with Gasteiger partial charge in [0.25, 0.3) is 0 Å². The molecule has 1 rings (SSSR count). The van der Waals surface area contributed by atoms with Crippen LogP contribution in [0.15, 0.2) is 0 Å². The number of nitrogens with one attached hydrogen (secondary N) is 1. The number of nitrogens with two attached hydrogens (primary N) is 1. The van der Waals surface area contributed by atoms with Crippen molar-refractivity contribution in [1.82, 2.24) is 5.32 Å². The van der Waals surface area contributed by atoms with Crippen molar-refractivity contribution in [2.24, 2.45) is 17.6 Å². The molecule has 1 aliphatic rings. The average molecular weight is 226 g/mol. The zero-order chi connectivity index (χ0) is 12.1. The third-order valence-electron chi connectivity index (χ3n) is 4.13. The van der Waals surface area contributed by atoms with E-state index in [9.17, 15) is 4.79 Å². The molecule has 3 heteroatoms. The minimum absolute atomic E-state index is 0.117. The first-order chi connectivity index (χ1) is 7.54. The molecule has 1 fully saturated rings. The number of carbonyl (C=O) groups is 1. The van der Waals surface area contributed by atoms with E-state index >= 15 is 0 Å². The molecule has 0 aromatic rings. The van der Waals surface area contributed by atoms with Crippen molar-refractivity contribution < 1.29 is 4.79 Å². The topological polar surface area (TPSA) is 55.1 Å². The number of carbonyl (C=O) groups excluding carboxylic acids is 1. The number of rotatable bonds is 5. The molecular formula is C13H26N2O. The van der Waals surface area contributed by atoms with E-state index in [1.807, 2.05) is 0 Å². The fraction of sp³-hybridized carbons (Fsp3) is 0.923. The number of hydrogen-bond acceptors (Lipinski definition) is 2. The molecule has 94 valence electrons. The van der Waals surface area contributed by atoms with Gasteiger partial charge in [-0.25, -0.2) is 0 Å². The van der Waals surface area contributed by atoms with E-state index in [0.717, 1.165) is 25.7 Å². The van der Waals surface area contributed by atoms with Gasteiger partial charge in [-0.1, -0.05) is 20.3 Å². The zero-order valence-corrected chi connectivity index (χ0v) is 10.8. The Hall–Kier alpha value is -0.570. The lowest BCUT2D eigenvalue weighted by molar-refractivity contribution is -0.122. The molecule has 0 spiro atoms. The summed E-state index contributed by atoms with van der Waals surface area (Å²) in [5, 5.41) is 3.68. The number of amides is 1. The van der Waals surface area contributed by atoms with E-state index < -0.39 is 0 Å². The van der Waals surface area contributed by atoms with E-state index in [1.54, 1.807) is 0 Å². The molecule has 0 bridgehead atoms. The van der Waals surface area contributed by atoms with Crippen LogP contribution in [-0.4, -0.2) is 18.0 Å². The Bertz CT molecular complexity index is 222. The summed E-state index contributed by atoms with van der Waals surface area (Å²) in [7, 11) is 0. The van der Waals surface area contributed by atoms with Gasteiger partial charge in [0.1, 0.15) is 0 Å². The van der Waals surface area contributed by atoms with Gasteiger partial charge in [0.15, 0.2) is 0 Å². The van der Waals surface area contributed by atoms with Gasteiger partial charge in [-0.3, -0.25) is 4.79 Å². The molecule has 0 aromatic carbocycles. The molecule has 16 heavy (non-hydrogen) atoms. The number of hydrogen-bond donors (Lipinski definition) is 2. The van der Waals surface area contributed by atoms with Gasteiger partial charge in [0, 0.05) is 18.0 Å². The van der Waals surface area contributed by atoms with Gasteiger partial charge < -0.3 is 11.1 Å². The van der Waals surface area contributed by atoms with Crippen molar-refractivity contribution in [3.8, 4) is 0 Å². The summed E-state index contributed by atoms with van der Waals surface area (Å²) in [6.45, 7) is 6.77. The fourth-order valence-electron chi connectivity index (χ4n) is 2.43. The highest BCUT2D eigenvalue weighted by Gasteiger charge is 2.25. The zero-order valence-electron chi connectivity index (χ0n) is 10.8. The molecular weight excluding hydrogens is 200 g/mol. The highest BCUT2D eigenvalue weighted by atomic mass is 16.1. The molecule has 1 aliphatic carbocycles. The lowest BCUT2D eigenvalue weighted by atomic mass is 9.85. The summed E-state index contributed by atoms with van der Waals surface area (Å²) in [6, 6.07) is 1.15. The number of primary amides is 1. The molecule has 3 nitrogen and oxygen atoms in total. The molecule has 1 saturated carbocycles. The van der Waals surface area contributed by atoms with Gasteiger partial charge >= 0.3 is 0 Å². The standard InChI is InChI=1S/C13H26N2O/c1-4-9(2)10(3)15-12-7-5-11(6-8-12)13(14)16/h9-12,15H,4-8H2,1-3H3,(H2,14,16). The Kier molecular flexibility index (Phi) is 5.26. The lowest BCUT2D eigenvalue weighted by Crippen LogP contribution is -2.43. The first kappa shape index (κ1) is 13.5. The molecule has 0 saturated heterocycles. The molecule has 0 aromatic heterocycles. The van der Waals surface area contributed by atoms with Crippen molar-refractivity contribution in [1.29, 1.82) is 0 Å². The van der Waals surface area contributed by atoms with Crippen LogP contribution < -0.4 is 11.1 Å². The minimum atomic E-state index is -0.117. The van der Waals surface area contributed by atoms with Crippen LogP contribution in [0.25, 0.3) is 0 Å². The fourth-order valence-corrected chi connectivity index (χ4v) is 2.43. The second kappa shape index (κ2) is 6.24. The van der Waals surface area contributed by atoms with Crippen LogP contribution in [0.1, 0.15) is 52.9 Å². The monoisotopic (exact) mass is 226 g/mol. The summed E-state index contributed by atoms with van der Waals surface area (Å²) < 4.78 is 0. The SMILES string of the molecule is CCC(C)C(C)NC1CCC(C(N)=O)CC1. The molecule has 2 atom stereocenters. The quantitative estimate of drug-likeness (QED) is 0.754. The Morgan fingerprint density at radius 1 is 1.31 bits per heavy atom. The summed E-state index contributed by atoms with van der Waals surface area (Å²) in [5.74, 6) is 0.722. The van der Waals surface area contributed by atoms with E-state index in [4.69, 9.17) is 5.73 Å². The predicted molar refractivity (Wildman–Crippen MR) is 67.0 cm³/mol. The average Bonchev–Trinajstić information content (AvgIpc) is 2.28. The highest BCUT2D eigenvalue weighted by Crippen LogP contribution is 2.24. The molecule has 1 amide bonds. The third kappa shape index (κ3) is 3.78. The van der Waals surface area contributed by atoms with E-state index in [-0.39, 0.29) is 11.8 Å². The summed E-state index contributed by atoms with van der Waals surface area (Å²) >= 11 is 0. The van der Waals surface area contributed by atoms with E-state index in [0.29, 0.717) is 18.0 Å². The molecule has 0 radical (unpaired) electrons. The third-order valence-corrected chi connectivity index (χ3v) is 4.13. The highest BCUT2D eigenvalue weighted by molar-refractivity contribution is 5.76. The van der Waals surface area contributed by atoms with E-state index in [2.05, 4.69) is 26.1 Å². The van der Waals surface area contributed by atoms with Gasteiger partial charge in [-0.15, -0.1) is 0 Å². The van der Waals surface area contributed by atoms with Crippen molar-refractivity contribution in [3.05, 3.63) is 0 Å². The second-order valence-corrected chi connectivity index (χ2v) is 5.29. The summed E-state index contributed by atoms with van der Waals surface area (Å²) in [4.78, 5) is 11.0. The van der Waals surface area contributed by atoms with Crippen LogP contribution in [0, 0.1) is 11.8 Å². The minimum Gasteiger partial charge on any atom is -0.369 e. The van der Waals surface area contributed by atoms with Gasteiger partial charge in [-0.2, -0.15) is 0 Å². The predicted octanol–water partition coefficient (Wildman–Crippen LogP) is 2.05. The van der Waals surface area contributed by atoms with Crippen LogP contribution in [-0.2, 0) is 4.79 Å². The van der Waals surface area contributed by atoms with Gasteiger partial charge in [-0.05, 0) is 38.5 Å². The summed E-state index contributed by atoms with van der Waals surface area (Å²) in [6.07, 6.45) is 5.31. The maximum absolute atomic E-state index is 11.0. The first-order valence-electron chi connectivity index (χ1n) is 6.60. The smallest absolute Gasteiger partial charge is 0.220 e. The maximum Gasteiger partial charge on any atom is 0.220 e. The molecule has 3 N–H and O–H groups in total. The van der Waals surface area contributed by atoms with Crippen molar-refractivity contribution in [2.45, 2.75) is 65.0 Å². The van der Waals surface area contributed by atoms with Crippen molar-refractivity contribution in [3.63, 3.8) is 0 Å². The van der Waals surface area contributed by atoms with Crippen LogP contribution >= 0.6 is 0 Å². The molecule has 2 unspecified atom stereocenters. The largest absolute Gasteiger partial charge is 0.369 e. The van der Waals surface area contributed by atoms with Crippen LogP contribution in [0.2, 0.25) is 0 Å². The van der Waals surface area contributed by atoms with Crippen LogP contribution in [0.3, 0.4) is 0 Å². The van der Waals surface area contributed by atoms with Crippen LogP contribution in [0.4, 0.5) is 0 Å². The van der Waals surface area contributed by atoms with Gasteiger partial charge in [0.2, 0.25) is 5.91 Å². The first-order valence-corrected chi connectivity index (χ1v) is 6.60. The molecule has 0 aliphatic heterocycles. The van der Waals surface area contributed by atoms with E-state index in [1.165, 1.54) is 6.42 Å². The Balaban J connectivity index is 2.29. The normalized spacial score (nSPS) is 29.7. The Morgan fingerprint density at radius 2 is 1.88 bits per heavy atom. The van der Waals surface area contributed by atoms with Crippen molar-refractivity contribution >= 4 is 5.91 Å². The second-order valence-electron chi connectivity index (χ2n) is 5.29. The lowest BCUT2D eigenvalue weighted by Gasteiger charge is -2.31. The molecule has 0 heterocycles. The van der Waals surface area contributed by atoms with Gasteiger partial charge in [0.05, 0.1) is 0 Å². The summed E-state index contributed by atoms with van der Waals surface area (Å²) in [5.41, 5.74) is 5.32. The Labute approximate surface area is 99.2 Å². The maximum atomic E-state index is 11.0. The van der Waals surface area contributed by atoms with Crippen LogP contribution in [0.5, 0.6) is 0 Å². The van der Waals surface area contributed by atoms with Crippen molar-refractivity contribution in [2.75, 3.05) is 0 Å².